The quantitative estimate of drug-likeness (QED) is 0.826. The van der Waals surface area contributed by atoms with E-state index in [0.29, 0.717) is 19.6 Å². The highest BCUT2D eigenvalue weighted by atomic mass is 19.4. The summed E-state index contributed by atoms with van der Waals surface area (Å²) in [5.41, 5.74) is 1.17. The molecule has 1 saturated heterocycles. The van der Waals surface area contributed by atoms with Crippen molar-refractivity contribution in [3.05, 3.63) is 35.4 Å². The fourth-order valence-electron chi connectivity index (χ4n) is 3.19. The summed E-state index contributed by atoms with van der Waals surface area (Å²) >= 11 is 0. The second-order valence-corrected chi connectivity index (χ2v) is 6.34. The molecule has 1 unspecified atom stereocenters. The summed E-state index contributed by atoms with van der Waals surface area (Å²) in [7, 11) is 0. The van der Waals surface area contributed by atoms with E-state index in [4.69, 9.17) is 5.11 Å². The number of halogens is 3. The molecular weight excluding hydrogens is 321 g/mol. The van der Waals surface area contributed by atoms with Crippen molar-refractivity contribution in [2.45, 2.75) is 26.1 Å². The average Bonchev–Trinajstić information content (AvgIpc) is 2.92. The molecule has 4 nitrogen and oxygen atoms in total. The Morgan fingerprint density at radius 2 is 2.17 bits per heavy atom. The smallest absolute Gasteiger partial charge is 0.401 e. The first-order valence-corrected chi connectivity index (χ1v) is 8.10. The first kappa shape index (κ1) is 18.7. The number of hydrogen-bond donors (Lipinski definition) is 1. The number of hydrogen-bond acceptors (Lipinski definition) is 3. The summed E-state index contributed by atoms with van der Waals surface area (Å²) < 4.78 is 37.6. The molecule has 1 aromatic carbocycles. The number of carboxylic acid groups (broad SMARTS) is 1. The van der Waals surface area contributed by atoms with Crippen molar-refractivity contribution in [1.29, 1.82) is 0 Å². The highest BCUT2D eigenvalue weighted by molar-refractivity contribution is 5.87. The Balaban J connectivity index is 1.86. The number of alkyl halides is 3. The van der Waals surface area contributed by atoms with Gasteiger partial charge < -0.3 is 5.11 Å². The number of likely N-dealkylation sites (tertiary alicyclic amines) is 1. The second-order valence-electron chi connectivity index (χ2n) is 6.34. The minimum absolute atomic E-state index is 0.218. The molecule has 2 rings (SSSR count). The van der Waals surface area contributed by atoms with Crippen molar-refractivity contribution in [2.24, 2.45) is 5.92 Å². The summed E-state index contributed by atoms with van der Waals surface area (Å²) in [4.78, 5) is 14.6. The fourth-order valence-corrected chi connectivity index (χ4v) is 3.19. The molecular formula is C17H23F3N2O2. The zero-order chi connectivity index (χ0) is 17.7. The molecule has 0 spiro atoms. The minimum Gasteiger partial charge on any atom is -0.478 e. The van der Waals surface area contributed by atoms with Gasteiger partial charge in [0.25, 0.3) is 0 Å². The Morgan fingerprint density at radius 3 is 2.79 bits per heavy atom. The maximum atomic E-state index is 12.5. The van der Waals surface area contributed by atoms with Crippen LogP contribution in [0.3, 0.4) is 0 Å². The van der Waals surface area contributed by atoms with E-state index >= 15 is 0 Å². The topological polar surface area (TPSA) is 43.8 Å². The molecule has 1 fully saturated rings. The van der Waals surface area contributed by atoms with Gasteiger partial charge in [0.15, 0.2) is 0 Å². The molecule has 0 saturated carbocycles. The van der Waals surface area contributed by atoms with E-state index in [1.807, 2.05) is 6.07 Å². The van der Waals surface area contributed by atoms with Crippen LogP contribution in [0, 0.1) is 5.92 Å². The summed E-state index contributed by atoms with van der Waals surface area (Å²) in [5, 5.41) is 9.02. The van der Waals surface area contributed by atoms with Crippen LogP contribution in [-0.4, -0.2) is 59.8 Å². The van der Waals surface area contributed by atoms with E-state index in [2.05, 4.69) is 4.90 Å². The lowest BCUT2D eigenvalue weighted by Gasteiger charge is -2.25. The van der Waals surface area contributed by atoms with Crippen molar-refractivity contribution in [1.82, 2.24) is 9.80 Å². The molecule has 1 aliphatic heterocycles. The van der Waals surface area contributed by atoms with E-state index in [9.17, 15) is 18.0 Å². The molecule has 1 aromatic rings. The van der Waals surface area contributed by atoms with Crippen LogP contribution in [0.25, 0.3) is 0 Å². The van der Waals surface area contributed by atoms with Crippen LogP contribution in [0.4, 0.5) is 13.2 Å². The standard InChI is InChI=1S/C17H23F3N2O2/c1-2-21(12-17(18,19)20)10-14-6-7-22(11-14)9-13-4-3-5-15(8-13)16(23)24/h3-5,8,14H,2,6-7,9-12H2,1H3,(H,23,24). The molecule has 1 N–H and O–H groups in total. The Morgan fingerprint density at radius 1 is 1.42 bits per heavy atom. The van der Waals surface area contributed by atoms with E-state index in [1.54, 1.807) is 25.1 Å². The molecule has 134 valence electrons. The van der Waals surface area contributed by atoms with Gasteiger partial charge in [0, 0.05) is 19.6 Å². The number of benzene rings is 1. The van der Waals surface area contributed by atoms with E-state index in [-0.39, 0.29) is 11.5 Å². The largest absolute Gasteiger partial charge is 0.478 e. The predicted molar refractivity (Wildman–Crippen MR) is 85.0 cm³/mol. The summed E-state index contributed by atoms with van der Waals surface area (Å²) in [6, 6.07) is 6.79. The molecule has 7 heteroatoms. The molecule has 24 heavy (non-hydrogen) atoms. The van der Waals surface area contributed by atoms with Crippen LogP contribution in [0.5, 0.6) is 0 Å². The third-order valence-corrected chi connectivity index (χ3v) is 4.32. The molecule has 0 amide bonds. The van der Waals surface area contributed by atoms with Crippen molar-refractivity contribution < 1.29 is 23.1 Å². The maximum Gasteiger partial charge on any atom is 0.401 e. The Kier molecular flexibility index (Phi) is 6.23. The molecule has 1 aliphatic rings. The second kappa shape index (κ2) is 7.98. The Hall–Kier alpha value is -1.60. The first-order valence-electron chi connectivity index (χ1n) is 8.10. The monoisotopic (exact) mass is 344 g/mol. The lowest BCUT2D eigenvalue weighted by Crippen LogP contribution is -2.38. The van der Waals surface area contributed by atoms with Crippen molar-refractivity contribution in [3.63, 3.8) is 0 Å². The Bertz CT molecular complexity index is 563. The highest BCUT2D eigenvalue weighted by Crippen LogP contribution is 2.22. The third-order valence-electron chi connectivity index (χ3n) is 4.32. The first-order chi connectivity index (χ1) is 11.3. The summed E-state index contributed by atoms with van der Waals surface area (Å²) in [6.07, 6.45) is -3.29. The number of aromatic carboxylic acids is 1. The third kappa shape index (κ3) is 5.79. The molecule has 1 atom stereocenters. The highest BCUT2D eigenvalue weighted by Gasteiger charge is 2.32. The van der Waals surface area contributed by atoms with Gasteiger partial charge in [-0.2, -0.15) is 13.2 Å². The lowest BCUT2D eigenvalue weighted by molar-refractivity contribution is -0.146. The van der Waals surface area contributed by atoms with Crippen molar-refractivity contribution >= 4 is 5.97 Å². The van der Waals surface area contributed by atoms with E-state index < -0.39 is 18.7 Å². The lowest BCUT2D eigenvalue weighted by atomic mass is 10.1. The molecule has 0 radical (unpaired) electrons. The molecule has 1 heterocycles. The van der Waals surface area contributed by atoms with Gasteiger partial charge in [-0.3, -0.25) is 9.80 Å². The van der Waals surface area contributed by atoms with Gasteiger partial charge >= 0.3 is 12.1 Å². The van der Waals surface area contributed by atoms with Gasteiger partial charge in [-0.05, 0) is 43.1 Å². The normalized spacial score (nSPS) is 19.1. The van der Waals surface area contributed by atoms with Crippen LogP contribution in [0.1, 0.15) is 29.3 Å². The fraction of sp³-hybridized carbons (Fsp3) is 0.588. The van der Waals surface area contributed by atoms with Crippen molar-refractivity contribution in [2.75, 3.05) is 32.7 Å². The van der Waals surface area contributed by atoms with Crippen LogP contribution in [-0.2, 0) is 6.54 Å². The van der Waals surface area contributed by atoms with Crippen LogP contribution >= 0.6 is 0 Å². The number of rotatable bonds is 7. The predicted octanol–water partition coefficient (Wildman–Crippen LogP) is 3.09. The van der Waals surface area contributed by atoms with Gasteiger partial charge in [-0.1, -0.05) is 19.1 Å². The van der Waals surface area contributed by atoms with Gasteiger partial charge in [0.2, 0.25) is 0 Å². The van der Waals surface area contributed by atoms with Gasteiger partial charge in [0.05, 0.1) is 12.1 Å². The van der Waals surface area contributed by atoms with E-state index in [1.165, 1.54) is 4.90 Å². The zero-order valence-electron chi connectivity index (χ0n) is 13.7. The minimum atomic E-state index is -4.16. The van der Waals surface area contributed by atoms with Crippen LogP contribution in [0.15, 0.2) is 24.3 Å². The Labute approximate surface area is 139 Å². The van der Waals surface area contributed by atoms with Gasteiger partial charge in [-0.15, -0.1) is 0 Å². The number of carbonyl (C=O) groups is 1. The molecule has 0 bridgehead atoms. The molecule has 0 aromatic heterocycles. The van der Waals surface area contributed by atoms with Crippen LogP contribution in [0.2, 0.25) is 0 Å². The number of nitrogens with zero attached hydrogens (tertiary/aromatic N) is 2. The summed E-state index contributed by atoms with van der Waals surface area (Å²) in [6.45, 7) is 3.91. The van der Waals surface area contributed by atoms with Gasteiger partial charge in [0.1, 0.15) is 0 Å². The van der Waals surface area contributed by atoms with Gasteiger partial charge in [-0.25, -0.2) is 4.79 Å². The van der Waals surface area contributed by atoms with Crippen LogP contribution < -0.4 is 0 Å². The number of carboxylic acids is 1. The van der Waals surface area contributed by atoms with Crippen molar-refractivity contribution in [3.8, 4) is 0 Å². The average molecular weight is 344 g/mol. The molecule has 0 aliphatic carbocycles. The van der Waals surface area contributed by atoms with E-state index in [0.717, 1.165) is 25.1 Å². The SMILES string of the molecule is CCN(CC1CCN(Cc2cccc(C(=O)O)c2)C1)CC(F)(F)F. The summed E-state index contributed by atoms with van der Waals surface area (Å²) in [5.74, 6) is -0.739. The zero-order valence-corrected chi connectivity index (χ0v) is 13.7. The maximum absolute atomic E-state index is 12.5.